The average molecular weight is 302 g/mol. The first-order valence-electron chi connectivity index (χ1n) is 7.65. The molecule has 1 heterocycles. The first kappa shape index (κ1) is 16.1. The summed E-state index contributed by atoms with van der Waals surface area (Å²) in [6.45, 7) is 3.26. The fourth-order valence-corrected chi connectivity index (χ4v) is 2.36. The molecule has 1 unspecified atom stereocenters. The Morgan fingerprint density at radius 1 is 1.41 bits per heavy atom. The summed E-state index contributed by atoms with van der Waals surface area (Å²) in [6.07, 6.45) is 5.31. The number of hydrogen-bond donors (Lipinski definition) is 2. The molecule has 2 amide bonds. The van der Waals surface area contributed by atoms with Crippen molar-refractivity contribution in [3.8, 4) is 5.75 Å². The lowest BCUT2D eigenvalue weighted by atomic mass is 10.1. The Kier molecular flexibility index (Phi) is 6.01. The highest BCUT2D eigenvalue weighted by Crippen LogP contribution is 2.13. The fraction of sp³-hybridized carbons (Fsp3) is 0.412. The van der Waals surface area contributed by atoms with E-state index in [1.54, 1.807) is 6.08 Å². The Morgan fingerprint density at radius 3 is 2.91 bits per heavy atom. The number of hydrogen-bond acceptors (Lipinski definition) is 3. The van der Waals surface area contributed by atoms with Gasteiger partial charge >= 0.3 is 0 Å². The molecule has 2 N–H and O–H groups in total. The largest absolute Gasteiger partial charge is 0.494 e. The Morgan fingerprint density at radius 2 is 2.18 bits per heavy atom. The van der Waals surface area contributed by atoms with E-state index in [2.05, 4.69) is 10.6 Å². The second kappa shape index (κ2) is 8.22. The lowest BCUT2D eigenvalue weighted by Crippen LogP contribution is -2.35. The van der Waals surface area contributed by atoms with Crippen LogP contribution in [0.2, 0.25) is 0 Å². The Bertz CT molecular complexity index is 537. The molecule has 1 fully saturated rings. The number of nitrogens with one attached hydrogen (secondary N) is 2. The number of benzene rings is 1. The van der Waals surface area contributed by atoms with Crippen LogP contribution in [-0.2, 0) is 9.59 Å². The SMILES string of the molecule is CCOc1ccc(C=CC(=O)NC2CCCNC(=O)C2)cc1. The van der Waals surface area contributed by atoms with Crippen molar-refractivity contribution in [1.82, 2.24) is 10.6 Å². The van der Waals surface area contributed by atoms with Crippen LogP contribution < -0.4 is 15.4 Å². The molecule has 0 aromatic heterocycles. The molecule has 22 heavy (non-hydrogen) atoms. The summed E-state index contributed by atoms with van der Waals surface area (Å²) in [5.74, 6) is 0.639. The summed E-state index contributed by atoms with van der Waals surface area (Å²) in [5.41, 5.74) is 0.928. The zero-order valence-electron chi connectivity index (χ0n) is 12.8. The number of carbonyl (C=O) groups excluding carboxylic acids is 2. The fourth-order valence-electron chi connectivity index (χ4n) is 2.36. The van der Waals surface area contributed by atoms with Gasteiger partial charge in [0.15, 0.2) is 0 Å². The lowest BCUT2D eigenvalue weighted by molar-refractivity contribution is -0.121. The molecule has 1 atom stereocenters. The minimum Gasteiger partial charge on any atom is -0.494 e. The van der Waals surface area contributed by atoms with Crippen molar-refractivity contribution < 1.29 is 14.3 Å². The van der Waals surface area contributed by atoms with Gasteiger partial charge in [-0.15, -0.1) is 0 Å². The van der Waals surface area contributed by atoms with E-state index in [-0.39, 0.29) is 17.9 Å². The van der Waals surface area contributed by atoms with Crippen molar-refractivity contribution in [2.24, 2.45) is 0 Å². The van der Waals surface area contributed by atoms with Gasteiger partial charge in [0.05, 0.1) is 6.61 Å². The van der Waals surface area contributed by atoms with Gasteiger partial charge in [-0.2, -0.15) is 0 Å². The Balaban J connectivity index is 1.86. The smallest absolute Gasteiger partial charge is 0.244 e. The maximum Gasteiger partial charge on any atom is 0.244 e. The minimum atomic E-state index is -0.173. The maximum absolute atomic E-state index is 11.9. The molecule has 0 aliphatic carbocycles. The Hall–Kier alpha value is -2.30. The molecule has 1 aromatic rings. The van der Waals surface area contributed by atoms with Gasteiger partial charge in [-0.3, -0.25) is 9.59 Å². The predicted octanol–water partition coefficient (Wildman–Crippen LogP) is 1.88. The van der Waals surface area contributed by atoms with E-state index < -0.39 is 0 Å². The second-order valence-electron chi connectivity index (χ2n) is 5.24. The van der Waals surface area contributed by atoms with Crippen molar-refractivity contribution in [2.75, 3.05) is 13.2 Å². The molecule has 1 aromatic carbocycles. The number of rotatable bonds is 5. The topological polar surface area (TPSA) is 67.4 Å². The van der Waals surface area contributed by atoms with E-state index in [1.807, 2.05) is 31.2 Å². The van der Waals surface area contributed by atoms with Crippen molar-refractivity contribution >= 4 is 17.9 Å². The van der Waals surface area contributed by atoms with Gasteiger partial charge in [-0.05, 0) is 43.5 Å². The monoisotopic (exact) mass is 302 g/mol. The molecular formula is C17H22N2O3. The van der Waals surface area contributed by atoms with E-state index in [0.29, 0.717) is 19.6 Å². The standard InChI is InChI=1S/C17H22N2O3/c1-2-22-15-8-5-13(6-9-15)7-10-16(20)19-14-4-3-11-18-17(21)12-14/h5-10,14H,2-4,11-12H2,1H3,(H,18,21)(H,19,20). The third-order valence-corrected chi connectivity index (χ3v) is 3.45. The highest BCUT2D eigenvalue weighted by Gasteiger charge is 2.17. The second-order valence-corrected chi connectivity index (χ2v) is 5.24. The zero-order chi connectivity index (χ0) is 15.8. The van der Waals surface area contributed by atoms with Gasteiger partial charge in [0, 0.05) is 25.1 Å². The van der Waals surface area contributed by atoms with Gasteiger partial charge in [-0.25, -0.2) is 0 Å². The van der Waals surface area contributed by atoms with E-state index in [9.17, 15) is 9.59 Å². The molecule has 1 aliphatic rings. The summed E-state index contributed by atoms with van der Waals surface area (Å²) in [4.78, 5) is 23.4. The molecule has 5 nitrogen and oxygen atoms in total. The van der Waals surface area contributed by atoms with Crippen LogP contribution in [0.4, 0.5) is 0 Å². The van der Waals surface area contributed by atoms with Gasteiger partial charge < -0.3 is 15.4 Å². The molecule has 1 saturated heterocycles. The molecule has 2 rings (SSSR count). The summed E-state index contributed by atoms with van der Waals surface area (Å²) in [5, 5.41) is 5.68. The van der Waals surface area contributed by atoms with Crippen LogP contribution in [0.5, 0.6) is 5.75 Å². The average Bonchev–Trinajstić information content (AvgIpc) is 2.71. The molecular weight excluding hydrogens is 280 g/mol. The summed E-state index contributed by atoms with van der Waals surface area (Å²) in [6, 6.07) is 7.45. The normalized spacial score (nSPS) is 18.6. The molecule has 0 bridgehead atoms. The van der Waals surface area contributed by atoms with Crippen LogP contribution in [0.1, 0.15) is 31.7 Å². The molecule has 118 valence electrons. The molecule has 0 spiro atoms. The highest BCUT2D eigenvalue weighted by atomic mass is 16.5. The summed E-state index contributed by atoms with van der Waals surface area (Å²) in [7, 11) is 0. The highest BCUT2D eigenvalue weighted by molar-refractivity contribution is 5.92. The van der Waals surface area contributed by atoms with Crippen LogP contribution in [0.25, 0.3) is 6.08 Å². The number of amides is 2. The number of ether oxygens (including phenoxy) is 1. The maximum atomic E-state index is 11.9. The van der Waals surface area contributed by atoms with Crippen molar-refractivity contribution in [3.63, 3.8) is 0 Å². The molecule has 5 heteroatoms. The first-order chi connectivity index (χ1) is 10.7. The van der Waals surface area contributed by atoms with Crippen molar-refractivity contribution in [2.45, 2.75) is 32.2 Å². The molecule has 0 saturated carbocycles. The quantitative estimate of drug-likeness (QED) is 0.816. The molecule has 1 aliphatic heterocycles. The van der Waals surface area contributed by atoms with Gasteiger partial charge in [0.2, 0.25) is 11.8 Å². The Labute approximate surface area is 130 Å². The van der Waals surface area contributed by atoms with E-state index in [1.165, 1.54) is 6.08 Å². The van der Waals surface area contributed by atoms with E-state index in [0.717, 1.165) is 24.2 Å². The van der Waals surface area contributed by atoms with Crippen molar-refractivity contribution in [3.05, 3.63) is 35.9 Å². The van der Waals surface area contributed by atoms with Crippen LogP contribution in [0.3, 0.4) is 0 Å². The van der Waals surface area contributed by atoms with E-state index in [4.69, 9.17) is 4.74 Å². The minimum absolute atomic E-state index is 0.00158. The molecule has 0 radical (unpaired) electrons. The van der Waals surface area contributed by atoms with Gasteiger partial charge in [-0.1, -0.05) is 12.1 Å². The van der Waals surface area contributed by atoms with Gasteiger partial charge in [0.1, 0.15) is 5.75 Å². The van der Waals surface area contributed by atoms with Gasteiger partial charge in [0.25, 0.3) is 0 Å². The first-order valence-corrected chi connectivity index (χ1v) is 7.65. The summed E-state index contributed by atoms with van der Waals surface area (Å²) < 4.78 is 5.37. The van der Waals surface area contributed by atoms with Crippen LogP contribution in [0, 0.1) is 0 Å². The predicted molar refractivity (Wildman–Crippen MR) is 85.4 cm³/mol. The number of carbonyl (C=O) groups is 2. The van der Waals surface area contributed by atoms with E-state index >= 15 is 0 Å². The summed E-state index contributed by atoms with van der Waals surface area (Å²) >= 11 is 0. The third-order valence-electron chi connectivity index (χ3n) is 3.45. The lowest BCUT2D eigenvalue weighted by Gasteiger charge is -2.13. The zero-order valence-corrected chi connectivity index (χ0v) is 12.8. The van der Waals surface area contributed by atoms with Crippen LogP contribution in [-0.4, -0.2) is 31.0 Å². The van der Waals surface area contributed by atoms with Crippen LogP contribution >= 0.6 is 0 Å². The van der Waals surface area contributed by atoms with Crippen molar-refractivity contribution in [1.29, 1.82) is 0 Å². The third kappa shape index (κ3) is 5.24. The van der Waals surface area contributed by atoms with Crippen LogP contribution in [0.15, 0.2) is 30.3 Å².